The monoisotopic (exact) mass is 218 g/mol. The van der Waals surface area contributed by atoms with Crippen LogP contribution in [0, 0.1) is 0 Å². The third kappa shape index (κ3) is 3.45. The van der Waals surface area contributed by atoms with Crippen molar-refractivity contribution in [2.24, 2.45) is 5.73 Å². The largest absolute Gasteiger partial charge is 0.491 e. The van der Waals surface area contributed by atoms with Crippen molar-refractivity contribution < 1.29 is 19.0 Å². The molecule has 0 atom stereocenters. The predicted octanol–water partition coefficient (Wildman–Crippen LogP) is 0.434. The Hall–Kier alpha value is -0.910. The summed E-state index contributed by atoms with van der Waals surface area (Å²) in [5.41, 5.74) is 5.75. The molecule has 0 bridgehead atoms. The first-order valence-corrected chi connectivity index (χ1v) is 5.34. The van der Waals surface area contributed by atoms with Crippen LogP contribution in [0.5, 0.6) is 0 Å². The molecule has 7 heteroatoms. The van der Waals surface area contributed by atoms with E-state index in [1.807, 2.05) is 0 Å². The maximum Gasteiger partial charge on any atom is 0.491 e. The second-order valence-electron chi connectivity index (χ2n) is 2.47. The predicted molar refractivity (Wildman–Crippen MR) is 51.1 cm³/mol. The second-order valence-corrected chi connectivity index (χ2v) is 3.61. The van der Waals surface area contributed by atoms with Gasteiger partial charge in [-0.25, -0.2) is 9.63 Å². The van der Waals surface area contributed by atoms with E-state index in [1.54, 1.807) is 30.3 Å². The Balaban J connectivity index is 2.78. The SMILES string of the molecule is NCN(OP(=O)(O)O)c1ccccc1. The highest BCUT2D eigenvalue weighted by Gasteiger charge is 2.20. The van der Waals surface area contributed by atoms with E-state index in [-0.39, 0.29) is 6.67 Å². The molecular formula is C7H11N2O4P. The van der Waals surface area contributed by atoms with Gasteiger partial charge in [0.15, 0.2) is 0 Å². The lowest BCUT2D eigenvalue weighted by molar-refractivity contribution is 0.179. The molecule has 0 amide bonds. The molecule has 14 heavy (non-hydrogen) atoms. The summed E-state index contributed by atoms with van der Waals surface area (Å²) in [7, 11) is -4.56. The number of hydrogen-bond acceptors (Lipinski definition) is 4. The minimum Gasteiger partial charge on any atom is -0.312 e. The molecule has 0 fully saturated rings. The molecule has 0 unspecified atom stereocenters. The van der Waals surface area contributed by atoms with Gasteiger partial charge in [-0.15, -0.1) is 0 Å². The van der Waals surface area contributed by atoms with Crippen LogP contribution >= 0.6 is 7.82 Å². The van der Waals surface area contributed by atoms with Crippen LogP contribution in [0.3, 0.4) is 0 Å². The molecular weight excluding hydrogens is 207 g/mol. The van der Waals surface area contributed by atoms with E-state index in [4.69, 9.17) is 15.5 Å². The van der Waals surface area contributed by atoms with Crippen molar-refractivity contribution in [3.8, 4) is 0 Å². The number of benzene rings is 1. The molecule has 78 valence electrons. The van der Waals surface area contributed by atoms with E-state index >= 15 is 0 Å². The average molecular weight is 218 g/mol. The molecule has 0 aliphatic carbocycles. The van der Waals surface area contributed by atoms with Gasteiger partial charge in [0.2, 0.25) is 0 Å². The van der Waals surface area contributed by atoms with Crippen molar-refractivity contribution in [1.29, 1.82) is 0 Å². The second kappa shape index (κ2) is 4.54. The first-order chi connectivity index (χ1) is 6.53. The number of phosphoric acid groups is 1. The van der Waals surface area contributed by atoms with E-state index in [9.17, 15) is 4.57 Å². The van der Waals surface area contributed by atoms with E-state index < -0.39 is 7.82 Å². The number of anilines is 1. The van der Waals surface area contributed by atoms with Crippen molar-refractivity contribution in [3.63, 3.8) is 0 Å². The van der Waals surface area contributed by atoms with Gasteiger partial charge in [0.05, 0.1) is 12.4 Å². The Morgan fingerprint density at radius 2 is 1.93 bits per heavy atom. The highest BCUT2D eigenvalue weighted by Crippen LogP contribution is 2.38. The minimum absolute atomic E-state index is 0.144. The van der Waals surface area contributed by atoms with E-state index in [0.717, 1.165) is 5.06 Å². The number of hydrogen-bond donors (Lipinski definition) is 3. The van der Waals surface area contributed by atoms with Crippen LogP contribution < -0.4 is 10.8 Å². The molecule has 6 nitrogen and oxygen atoms in total. The molecule has 1 aromatic carbocycles. The van der Waals surface area contributed by atoms with Crippen LogP contribution in [0.4, 0.5) is 5.69 Å². The van der Waals surface area contributed by atoms with Gasteiger partial charge >= 0.3 is 7.82 Å². The van der Waals surface area contributed by atoms with Gasteiger partial charge in [-0.05, 0) is 12.1 Å². The summed E-state index contributed by atoms with van der Waals surface area (Å²) < 4.78 is 14.9. The number of nitrogens with two attached hydrogens (primary N) is 1. The molecule has 0 saturated carbocycles. The molecule has 1 rings (SSSR count). The van der Waals surface area contributed by atoms with E-state index in [1.165, 1.54) is 0 Å². The number of para-hydroxylation sites is 1. The third-order valence-corrected chi connectivity index (χ3v) is 1.82. The number of nitrogens with zero attached hydrogens (tertiary/aromatic N) is 1. The standard InChI is InChI=1S/C7H11N2O4P/c8-6-9(13-14(10,11)12)7-4-2-1-3-5-7/h1-5H,6,8H2,(H2,10,11,12). The Morgan fingerprint density at radius 3 is 2.36 bits per heavy atom. The lowest BCUT2D eigenvalue weighted by Crippen LogP contribution is -2.28. The Bertz CT molecular complexity index is 326. The Kier molecular flexibility index (Phi) is 3.62. The fourth-order valence-corrected chi connectivity index (χ4v) is 1.33. The van der Waals surface area contributed by atoms with Crippen LogP contribution in [0.2, 0.25) is 0 Å². The molecule has 0 radical (unpaired) electrons. The molecule has 0 aromatic heterocycles. The number of rotatable bonds is 4. The molecule has 0 spiro atoms. The van der Waals surface area contributed by atoms with Gasteiger partial charge in [-0.3, -0.25) is 0 Å². The van der Waals surface area contributed by atoms with Gasteiger partial charge in [0.1, 0.15) is 0 Å². The van der Waals surface area contributed by atoms with Crippen molar-refractivity contribution >= 4 is 13.5 Å². The zero-order valence-corrected chi connectivity index (χ0v) is 8.17. The maximum atomic E-state index is 10.5. The highest BCUT2D eigenvalue weighted by atomic mass is 31.2. The molecule has 0 saturated heterocycles. The fourth-order valence-electron chi connectivity index (χ4n) is 0.909. The Morgan fingerprint density at radius 1 is 1.36 bits per heavy atom. The third-order valence-electron chi connectivity index (χ3n) is 1.41. The van der Waals surface area contributed by atoms with Gasteiger partial charge < -0.3 is 15.5 Å². The summed E-state index contributed by atoms with van der Waals surface area (Å²) in [4.78, 5) is 17.1. The first-order valence-electron chi connectivity index (χ1n) is 3.81. The fraction of sp³-hybridized carbons (Fsp3) is 0.143. The van der Waals surface area contributed by atoms with Gasteiger partial charge in [-0.2, -0.15) is 4.62 Å². The van der Waals surface area contributed by atoms with Crippen LogP contribution in [-0.2, 0) is 9.19 Å². The maximum absolute atomic E-state index is 10.5. The zero-order valence-electron chi connectivity index (χ0n) is 7.28. The first kappa shape index (κ1) is 11.2. The highest BCUT2D eigenvalue weighted by molar-refractivity contribution is 7.46. The average Bonchev–Trinajstić information content (AvgIpc) is 2.14. The van der Waals surface area contributed by atoms with E-state index in [0.29, 0.717) is 5.69 Å². The van der Waals surface area contributed by atoms with Crippen LogP contribution in [0.15, 0.2) is 30.3 Å². The summed E-state index contributed by atoms with van der Waals surface area (Å²) in [6.45, 7) is -0.144. The topological polar surface area (TPSA) is 96.0 Å². The lowest BCUT2D eigenvalue weighted by Gasteiger charge is -2.21. The summed E-state index contributed by atoms with van der Waals surface area (Å²) in [5, 5.41) is 0.931. The molecule has 0 aliphatic heterocycles. The van der Waals surface area contributed by atoms with Crippen molar-refractivity contribution in [2.75, 3.05) is 11.7 Å². The van der Waals surface area contributed by atoms with Crippen LogP contribution in [-0.4, -0.2) is 16.5 Å². The Labute approximate surface area is 81.1 Å². The number of hydroxylamine groups is 1. The molecule has 4 N–H and O–H groups in total. The van der Waals surface area contributed by atoms with Crippen molar-refractivity contribution in [2.45, 2.75) is 0 Å². The van der Waals surface area contributed by atoms with Crippen LogP contribution in [0.1, 0.15) is 0 Å². The molecule has 0 aliphatic rings. The van der Waals surface area contributed by atoms with Crippen molar-refractivity contribution in [3.05, 3.63) is 30.3 Å². The van der Waals surface area contributed by atoms with Crippen molar-refractivity contribution in [1.82, 2.24) is 0 Å². The lowest BCUT2D eigenvalue weighted by atomic mass is 10.3. The normalized spacial score (nSPS) is 11.4. The zero-order chi connectivity index (χ0) is 10.6. The molecule has 1 aromatic rings. The quantitative estimate of drug-likeness (QED) is 0.385. The minimum atomic E-state index is -4.56. The van der Waals surface area contributed by atoms with Gasteiger partial charge in [0, 0.05) is 0 Å². The van der Waals surface area contributed by atoms with Gasteiger partial charge in [-0.1, -0.05) is 18.2 Å². The summed E-state index contributed by atoms with van der Waals surface area (Å²) >= 11 is 0. The summed E-state index contributed by atoms with van der Waals surface area (Å²) in [6.07, 6.45) is 0. The van der Waals surface area contributed by atoms with E-state index in [2.05, 4.69) is 4.62 Å². The van der Waals surface area contributed by atoms with Crippen LogP contribution in [0.25, 0.3) is 0 Å². The smallest absolute Gasteiger partial charge is 0.312 e. The molecule has 0 heterocycles. The van der Waals surface area contributed by atoms with Gasteiger partial charge in [0.25, 0.3) is 0 Å². The summed E-state index contributed by atoms with van der Waals surface area (Å²) in [5.74, 6) is 0. The summed E-state index contributed by atoms with van der Waals surface area (Å²) in [6, 6.07) is 8.45.